The van der Waals surface area contributed by atoms with E-state index in [1.54, 1.807) is 11.8 Å². The van der Waals surface area contributed by atoms with Crippen LogP contribution >= 0.6 is 11.8 Å². The van der Waals surface area contributed by atoms with Gasteiger partial charge in [0.05, 0.1) is 6.42 Å². The number of aryl methyl sites for hydroxylation is 1. The topological polar surface area (TPSA) is 63.3 Å². The summed E-state index contributed by atoms with van der Waals surface area (Å²) in [5, 5.41) is 8.71. The molecule has 4 heteroatoms. The molecule has 0 radical (unpaired) electrons. The van der Waals surface area contributed by atoms with E-state index in [2.05, 4.69) is 0 Å². The highest BCUT2D eigenvalue weighted by atomic mass is 32.2. The lowest BCUT2D eigenvalue weighted by Gasteiger charge is -2.11. The van der Waals surface area contributed by atoms with Crippen molar-refractivity contribution in [3.8, 4) is 0 Å². The minimum Gasteiger partial charge on any atom is -0.481 e. The monoisotopic (exact) mass is 225 g/mol. The Morgan fingerprint density at radius 2 is 2.27 bits per heavy atom. The summed E-state index contributed by atoms with van der Waals surface area (Å²) in [5.74, 6) is -0.767. The lowest BCUT2D eigenvalue weighted by molar-refractivity contribution is -0.136. The normalized spacial score (nSPS) is 12.4. The van der Waals surface area contributed by atoms with E-state index < -0.39 is 5.97 Å². The first kappa shape index (κ1) is 11.9. The number of rotatable bonds is 4. The van der Waals surface area contributed by atoms with Crippen molar-refractivity contribution in [1.29, 1.82) is 0 Å². The first-order valence-corrected chi connectivity index (χ1v) is 5.61. The molecule has 0 aliphatic carbocycles. The number of benzene rings is 1. The summed E-state index contributed by atoms with van der Waals surface area (Å²) in [6.07, 6.45) is 0.166. The van der Waals surface area contributed by atoms with Crippen LogP contribution in [-0.4, -0.2) is 16.3 Å². The molecule has 0 bridgehead atoms. The molecule has 0 spiro atoms. The van der Waals surface area contributed by atoms with Crippen molar-refractivity contribution >= 4 is 23.4 Å². The number of aliphatic carboxylic acids is 1. The highest BCUT2D eigenvalue weighted by molar-refractivity contribution is 8.00. The van der Waals surface area contributed by atoms with Crippen LogP contribution in [0.3, 0.4) is 0 Å². The van der Waals surface area contributed by atoms with Gasteiger partial charge in [-0.25, -0.2) is 0 Å². The lowest BCUT2D eigenvalue weighted by Crippen LogP contribution is -2.05. The molecule has 82 valence electrons. The largest absolute Gasteiger partial charge is 0.481 e. The summed E-state index contributed by atoms with van der Waals surface area (Å²) < 4.78 is 0. The third-order valence-corrected chi connectivity index (χ3v) is 3.27. The van der Waals surface area contributed by atoms with Gasteiger partial charge in [0.25, 0.3) is 0 Å². The van der Waals surface area contributed by atoms with Crippen molar-refractivity contribution in [2.45, 2.75) is 30.4 Å². The number of hydrogen-bond donors (Lipinski definition) is 2. The molecule has 0 aromatic heterocycles. The first-order chi connectivity index (χ1) is 6.99. The number of nitrogen functional groups attached to an aromatic ring is 1. The van der Waals surface area contributed by atoms with Gasteiger partial charge in [0.2, 0.25) is 0 Å². The van der Waals surface area contributed by atoms with E-state index in [-0.39, 0.29) is 11.7 Å². The number of nitrogens with two attached hydrogens (primary N) is 1. The van der Waals surface area contributed by atoms with Crippen molar-refractivity contribution in [2.75, 3.05) is 5.73 Å². The van der Waals surface area contributed by atoms with Crippen molar-refractivity contribution in [3.63, 3.8) is 0 Å². The number of carbonyl (C=O) groups is 1. The lowest BCUT2D eigenvalue weighted by atomic mass is 10.2. The van der Waals surface area contributed by atoms with Crippen LogP contribution in [0, 0.1) is 6.92 Å². The standard InChI is InChI=1S/C11H15NO2S/c1-7-3-4-9(12)6-10(7)15-8(2)5-11(13)14/h3-4,6,8H,5,12H2,1-2H3,(H,13,14). The van der Waals surface area contributed by atoms with E-state index in [0.29, 0.717) is 5.69 Å². The maximum atomic E-state index is 10.5. The maximum absolute atomic E-state index is 10.5. The first-order valence-electron chi connectivity index (χ1n) is 4.73. The summed E-state index contributed by atoms with van der Waals surface area (Å²) in [6, 6.07) is 5.69. The van der Waals surface area contributed by atoms with Crippen LogP contribution in [0.25, 0.3) is 0 Å². The molecule has 0 aliphatic rings. The second-order valence-electron chi connectivity index (χ2n) is 3.55. The minimum atomic E-state index is -0.767. The van der Waals surface area contributed by atoms with Gasteiger partial charge in [-0.2, -0.15) is 0 Å². The summed E-state index contributed by atoms with van der Waals surface area (Å²) in [5.41, 5.74) is 7.52. The minimum absolute atomic E-state index is 0.0583. The second kappa shape index (κ2) is 5.07. The molecule has 1 aromatic rings. The van der Waals surface area contributed by atoms with Gasteiger partial charge >= 0.3 is 5.97 Å². The Labute approximate surface area is 93.7 Å². The van der Waals surface area contributed by atoms with Crippen molar-refractivity contribution in [3.05, 3.63) is 23.8 Å². The fraction of sp³-hybridized carbons (Fsp3) is 0.364. The molecule has 1 unspecified atom stereocenters. The number of carboxylic acids is 1. The smallest absolute Gasteiger partial charge is 0.304 e. The van der Waals surface area contributed by atoms with Gasteiger partial charge in [0.1, 0.15) is 0 Å². The van der Waals surface area contributed by atoms with Crippen LogP contribution in [0.1, 0.15) is 18.9 Å². The Morgan fingerprint density at radius 3 is 2.87 bits per heavy atom. The van der Waals surface area contributed by atoms with E-state index in [1.807, 2.05) is 32.0 Å². The zero-order valence-electron chi connectivity index (χ0n) is 8.86. The highest BCUT2D eigenvalue weighted by Crippen LogP contribution is 2.29. The molecule has 0 aliphatic heterocycles. The predicted octanol–water partition coefficient (Wildman–Crippen LogP) is 2.53. The van der Waals surface area contributed by atoms with E-state index in [0.717, 1.165) is 10.5 Å². The van der Waals surface area contributed by atoms with Crippen LogP contribution < -0.4 is 5.73 Å². The molecule has 3 N–H and O–H groups in total. The van der Waals surface area contributed by atoms with Gasteiger partial charge in [-0.3, -0.25) is 4.79 Å². The van der Waals surface area contributed by atoms with Gasteiger partial charge in [0.15, 0.2) is 0 Å². The molecule has 1 rings (SSSR count). The van der Waals surface area contributed by atoms with Crippen LogP contribution in [0.2, 0.25) is 0 Å². The fourth-order valence-corrected chi connectivity index (χ4v) is 2.37. The molecular formula is C11H15NO2S. The highest BCUT2D eigenvalue weighted by Gasteiger charge is 2.10. The molecule has 15 heavy (non-hydrogen) atoms. The molecule has 0 saturated carbocycles. The average Bonchev–Trinajstić information content (AvgIpc) is 2.10. The third-order valence-electron chi connectivity index (χ3n) is 2.00. The van der Waals surface area contributed by atoms with Crippen molar-refractivity contribution in [2.24, 2.45) is 0 Å². The molecule has 0 fully saturated rings. The summed E-state index contributed by atoms with van der Waals surface area (Å²) in [7, 11) is 0. The van der Waals surface area contributed by atoms with Gasteiger partial charge in [-0.15, -0.1) is 11.8 Å². The van der Waals surface area contributed by atoms with Crippen LogP contribution in [0.4, 0.5) is 5.69 Å². The van der Waals surface area contributed by atoms with E-state index in [4.69, 9.17) is 10.8 Å². The average molecular weight is 225 g/mol. The van der Waals surface area contributed by atoms with E-state index >= 15 is 0 Å². The Balaban J connectivity index is 2.71. The summed E-state index contributed by atoms with van der Waals surface area (Å²) >= 11 is 1.55. The number of hydrogen-bond acceptors (Lipinski definition) is 3. The van der Waals surface area contributed by atoms with Crippen molar-refractivity contribution < 1.29 is 9.90 Å². The molecule has 1 aromatic carbocycles. The van der Waals surface area contributed by atoms with Crippen LogP contribution in [0.15, 0.2) is 23.1 Å². The molecular weight excluding hydrogens is 210 g/mol. The van der Waals surface area contributed by atoms with Gasteiger partial charge < -0.3 is 10.8 Å². The fourth-order valence-electron chi connectivity index (χ4n) is 1.25. The zero-order valence-corrected chi connectivity index (χ0v) is 9.67. The SMILES string of the molecule is Cc1ccc(N)cc1SC(C)CC(=O)O. The van der Waals surface area contributed by atoms with Crippen LogP contribution in [0.5, 0.6) is 0 Å². The molecule has 1 atom stereocenters. The van der Waals surface area contributed by atoms with E-state index in [9.17, 15) is 4.79 Å². The predicted molar refractivity (Wildman–Crippen MR) is 63.2 cm³/mol. The number of carboxylic acid groups (broad SMARTS) is 1. The van der Waals surface area contributed by atoms with Gasteiger partial charge in [0, 0.05) is 15.8 Å². The Kier molecular flexibility index (Phi) is 4.03. The quantitative estimate of drug-likeness (QED) is 0.610. The zero-order chi connectivity index (χ0) is 11.4. The molecule has 3 nitrogen and oxygen atoms in total. The summed E-state index contributed by atoms with van der Waals surface area (Å²) in [6.45, 7) is 3.90. The maximum Gasteiger partial charge on any atom is 0.304 e. The summed E-state index contributed by atoms with van der Waals surface area (Å²) in [4.78, 5) is 11.6. The molecule has 0 amide bonds. The van der Waals surface area contributed by atoms with Gasteiger partial charge in [-0.1, -0.05) is 13.0 Å². The Morgan fingerprint density at radius 1 is 1.60 bits per heavy atom. The van der Waals surface area contributed by atoms with E-state index in [1.165, 1.54) is 0 Å². The number of thioether (sulfide) groups is 1. The third kappa shape index (κ3) is 3.83. The molecule has 0 saturated heterocycles. The van der Waals surface area contributed by atoms with Crippen LogP contribution in [-0.2, 0) is 4.79 Å². The van der Waals surface area contributed by atoms with Crippen molar-refractivity contribution in [1.82, 2.24) is 0 Å². The van der Waals surface area contributed by atoms with Gasteiger partial charge in [-0.05, 0) is 24.6 Å². The second-order valence-corrected chi connectivity index (χ2v) is 5.03. The Hall–Kier alpha value is -1.16. The number of anilines is 1. The molecule has 0 heterocycles. The Bertz CT molecular complexity index is 366.